The van der Waals surface area contributed by atoms with Gasteiger partial charge in [0.1, 0.15) is 0 Å². The molecule has 0 bridgehead atoms. The van der Waals surface area contributed by atoms with Crippen molar-refractivity contribution in [2.45, 2.75) is 310 Å². The molecule has 10 rings (SSSR count). The van der Waals surface area contributed by atoms with Gasteiger partial charge >= 0.3 is 0 Å². The summed E-state index contributed by atoms with van der Waals surface area (Å²) >= 11 is 0. The fraction of sp³-hybridized carbons (Fsp3) is 0.444. The molecule has 0 unspecified atom stereocenters. The molecule has 0 amide bonds. The van der Waals surface area contributed by atoms with Gasteiger partial charge in [-0.05, 0) is 174 Å². The molecule has 0 N–H and O–H groups in total. The van der Waals surface area contributed by atoms with Crippen molar-refractivity contribution in [1.29, 1.82) is 0 Å². The molecule has 0 aliphatic rings. The highest BCUT2D eigenvalue weighted by Gasteiger charge is 2.18. The van der Waals surface area contributed by atoms with Crippen molar-refractivity contribution < 1.29 is 0 Å². The third-order valence-corrected chi connectivity index (χ3v) is 23.6. The van der Waals surface area contributed by atoms with Crippen molar-refractivity contribution in [3.8, 4) is 100 Å². The van der Waals surface area contributed by atoms with Crippen LogP contribution in [0.5, 0.6) is 0 Å². The number of hydrogen-bond donors (Lipinski definition) is 0. The van der Waals surface area contributed by atoms with Gasteiger partial charge in [0, 0.05) is 0 Å². The summed E-state index contributed by atoms with van der Waals surface area (Å²) in [5.41, 5.74) is 29.8. The Morgan fingerprint density at radius 3 is 0.417 bits per heavy atom. The summed E-state index contributed by atoms with van der Waals surface area (Å²) in [5, 5.41) is 0. The second-order valence-corrected chi connectivity index (χ2v) is 32.3. The van der Waals surface area contributed by atoms with Gasteiger partial charge in [-0.25, -0.2) is 0 Å². The maximum Gasteiger partial charge on any atom is -0.0149 e. The van der Waals surface area contributed by atoms with Crippen molar-refractivity contribution in [1.82, 2.24) is 0 Å². The quantitative estimate of drug-likeness (QED) is 0.0333. The van der Waals surface area contributed by atoms with E-state index >= 15 is 0 Å². The van der Waals surface area contributed by atoms with Gasteiger partial charge < -0.3 is 0 Å². The molecule has 0 heterocycles. The molecular weight excluding hydrogens is 1300 g/mol. The molecule has 10 aromatic carbocycles. The molecule has 0 saturated heterocycles. The first-order chi connectivity index (χ1) is 53.5. The first-order valence-electron chi connectivity index (χ1n) is 44.6. The Morgan fingerprint density at radius 2 is 0.259 bits per heavy atom. The average molecular weight is 1440 g/mol. The highest BCUT2D eigenvalue weighted by Crippen LogP contribution is 2.40. The Hall–Kier alpha value is -7.80. The molecule has 10 aromatic rings. The SMILES string of the molecule is CCCCCCCCCCCCc1cc(-c2ccc(-c3ccc(-c4ccc(-c5ccc(-c6cc(CCCCCCCCCCCC)c(-c7ccc(-c8ccccc8)cc7)cc6CCCCCCCCCCCC)cc5)cc4)cc3)cc2)c(CCCCCCCCCCCC)cc1-c1ccc(-c2ccccc2)cc1. The van der Waals surface area contributed by atoms with Crippen LogP contribution >= 0.6 is 0 Å². The third-order valence-electron chi connectivity index (χ3n) is 23.6. The summed E-state index contributed by atoms with van der Waals surface area (Å²) < 4.78 is 0. The highest BCUT2D eigenvalue weighted by atomic mass is 14.2. The number of rotatable bonds is 53. The van der Waals surface area contributed by atoms with Crippen molar-refractivity contribution >= 4 is 0 Å². The van der Waals surface area contributed by atoms with Gasteiger partial charge in [0.2, 0.25) is 0 Å². The standard InChI is InChI=1S/C108H138/c1-5-9-13-17-21-25-29-33-37-43-55-101-85-107(103(57-45-39-35-31-27-23-19-15-11-7-3)83-105(101)97-75-67-89(68-76-97)87-51-47-41-48-52-87)99-79-71-95(72-80-99)93-63-59-91(60-64-93)92-61-65-94(66-62-92)96-73-81-100(82-74-96)108-86-102(56-44-38-34-30-26-22-18-14-10-6-2)106(98-77-69-90(70-78-98)88-53-49-42-50-54-88)84-104(108)58-46-40-36-32-28-24-20-16-12-8-4/h41-42,47-54,59-86H,5-40,43-46,55-58H2,1-4H3. The minimum Gasteiger partial charge on any atom is -0.0654 e. The Kier molecular flexibility index (Phi) is 37.3. The molecule has 0 aromatic heterocycles. The third kappa shape index (κ3) is 27.3. The summed E-state index contributed by atoms with van der Waals surface area (Å²) in [7, 11) is 0. The molecule has 0 saturated carbocycles. The summed E-state index contributed by atoms with van der Waals surface area (Å²) in [6.45, 7) is 9.28. The van der Waals surface area contributed by atoms with Gasteiger partial charge in [0.25, 0.3) is 0 Å². The maximum absolute atomic E-state index is 2.63. The van der Waals surface area contributed by atoms with Crippen molar-refractivity contribution in [3.63, 3.8) is 0 Å². The molecule has 0 heteroatoms. The zero-order valence-electron chi connectivity index (χ0n) is 68.1. The van der Waals surface area contributed by atoms with Crippen LogP contribution in [0.1, 0.15) is 307 Å². The van der Waals surface area contributed by atoms with E-state index in [0.29, 0.717) is 0 Å². The first kappa shape index (κ1) is 82.7. The van der Waals surface area contributed by atoms with Crippen molar-refractivity contribution in [2.75, 3.05) is 0 Å². The lowest BCUT2D eigenvalue weighted by Gasteiger charge is -2.19. The summed E-state index contributed by atoms with van der Waals surface area (Å²) in [6, 6.07) is 89.1. The van der Waals surface area contributed by atoms with E-state index in [1.54, 1.807) is 0 Å². The van der Waals surface area contributed by atoms with E-state index in [4.69, 9.17) is 0 Å². The molecule has 0 nitrogen and oxygen atoms in total. The lowest BCUT2D eigenvalue weighted by atomic mass is 9.86. The smallest absolute Gasteiger partial charge is 0.0149 e. The van der Waals surface area contributed by atoms with E-state index in [2.05, 4.69) is 258 Å². The number of benzene rings is 10. The molecule has 0 atom stereocenters. The minimum atomic E-state index is 1.11. The van der Waals surface area contributed by atoms with Crippen LogP contribution in [-0.2, 0) is 25.7 Å². The zero-order chi connectivity index (χ0) is 74.7. The van der Waals surface area contributed by atoms with E-state index in [0.717, 1.165) is 25.7 Å². The monoisotopic (exact) mass is 1440 g/mol. The second-order valence-electron chi connectivity index (χ2n) is 32.3. The van der Waals surface area contributed by atoms with Gasteiger partial charge in [-0.2, -0.15) is 0 Å². The van der Waals surface area contributed by atoms with Crippen LogP contribution in [0.4, 0.5) is 0 Å². The van der Waals surface area contributed by atoms with E-state index < -0.39 is 0 Å². The van der Waals surface area contributed by atoms with Gasteiger partial charge in [0.05, 0.1) is 0 Å². The molecule has 0 fully saturated rings. The summed E-state index contributed by atoms with van der Waals surface area (Å²) in [6.07, 6.45) is 58.6. The fourth-order valence-electron chi connectivity index (χ4n) is 16.8. The van der Waals surface area contributed by atoms with Gasteiger partial charge in [-0.1, -0.05) is 489 Å². The highest BCUT2D eigenvalue weighted by molar-refractivity contribution is 5.82. The molecule has 570 valence electrons. The van der Waals surface area contributed by atoms with Crippen molar-refractivity contribution in [2.24, 2.45) is 0 Å². The summed E-state index contributed by atoms with van der Waals surface area (Å²) in [5.74, 6) is 0. The lowest BCUT2D eigenvalue weighted by Crippen LogP contribution is -1.99. The lowest BCUT2D eigenvalue weighted by molar-refractivity contribution is 0.556. The number of aryl methyl sites for hydroxylation is 4. The van der Waals surface area contributed by atoms with Crippen molar-refractivity contribution in [3.05, 3.63) is 253 Å². The molecule has 0 radical (unpaired) electrons. The van der Waals surface area contributed by atoms with Gasteiger partial charge in [-0.15, -0.1) is 0 Å². The second kappa shape index (κ2) is 48.7. The molecule has 108 heavy (non-hydrogen) atoms. The first-order valence-corrected chi connectivity index (χ1v) is 44.6. The van der Waals surface area contributed by atoms with Crippen LogP contribution < -0.4 is 0 Å². The van der Waals surface area contributed by atoms with Gasteiger partial charge in [-0.3, -0.25) is 0 Å². The van der Waals surface area contributed by atoms with E-state index in [1.807, 2.05) is 0 Å². The maximum atomic E-state index is 2.63. The zero-order valence-corrected chi connectivity index (χ0v) is 68.1. The Bertz CT molecular complexity index is 3750. The molecule has 0 aliphatic heterocycles. The Morgan fingerprint density at radius 1 is 0.130 bits per heavy atom. The van der Waals surface area contributed by atoms with Crippen LogP contribution in [0, 0.1) is 0 Å². The van der Waals surface area contributed by atoms with Crippen LogP contribution in [-0.4, -0.2) is 0 Å². The topological polar surface area (TPSA) is 0 Å². The Labute approximate surface area is 658 Å². The normalized spacial score (nSPS) is 11.5. The molecule has 0 spiro atoms. The van der Waals surface area contributed by atoms with Crippen LogP contribution in [0.25, 0.3) is 100 Å². The van der Waals surface area contributed by atoms with Crippen LogP contribution in [0.15, 0.2) is 231 Å². The van der Waals surface area contributed by atoms with E-state index in [9.17, 15) is 0 Å². The van der Waals surface area contributed by atoms with Crippen LogP contribution in [0.3, 0.4) is 0 Å². The van der Waals surface area contributed by atoms with E-state index in [-0.39, 0.29) is 0 Å². The predicted molar refractivity (Wildman–Crippen MR) is 478 cm³/mol. The molecular formula is C108H138. The minimum absolute atomic E-state index is 1.11. The largest absolute Gasteiger partial charge is 0.0654 e. The Balaban J connectivity index is 0.849. The van der Waals surface area contributed by atoms with Gasteiger partial charge in [0.15, 0.2) is 0 Å². The van der Waals surface area contributed by atoms with Crippen LogP contribution in [0.2, 0.25) is 0 Å². The fourth-order valence-corrected chi connectivity index (χ4v) is 16.8. The number of hydrogen-bond acceptors (Lipinski definition) is 0. The molecule has 0 aliphatic carbocycles. The van der Waals surface area contributed by atoms with E-state index in [1.165, 1.54) is 379 Å². The average Bonchev–Trinajstić information content (AvgIpc) is 0.793. The summed E-state index contributed by atoms with van der Waals surface area (Å²) in [4.78, 5) is 0. The number of unbranched alkanes of at least 4 members (excludes halogenated alkanes) is 36. The predicted octanol–water partition coefficient (Wildman–Crippen LogP) is 34.5.